The van der Waals surface area contributed by atoms with E-state index in [0.29, 0.717) is 0 Å². The predicted molar refractivity (Wildman–Crippen MR) is 75.1 cm³/mol. The molecule has 0 N–H and O–H groups in total. The lowest BCUT2D eigenvalue weighted by molar-refractivity contribution is -0.440. The van der Waals surface area contributed by atoms with Crippen molar-refractivity contribution in [3.05, 3.63) is 21.9 Å². The molecule has 0 atom stereocenters. The summed E-state index contributed by atoms with van der Waals surface area (Å²) < 4.78 is 169. The number of amides is 2. The fourth-order valence-corrected chi connectivity index (χ4v) is 3.22. The van der Waals surface area contributed by atoms with Crippen molar-refractivity contribution in [3.63, 3.8) is 0 Å². The minimum absolute atomic E-state index is 0.123. The van der Waals surface area contributed by atoms with Gasteiger partial charge in [0, 0.05) is 23.7 Å². The third-order valence-electron chi connectivity index (χ3n) is 4.26. The van der Waals surface area contributed by atoms with Gasteiger partial charge in [-0.3, -0.25) is 14.5 Å². The van der Waals surface area contributed by atoms with Gasteiger partial charge in [-0.1, -0.05) is 0 Å². The predicted octanol–water partition coefficient (Wildman–Crippen LogP) is 5.47. The highest BCUT2D eigenvalue weighted by Crippen LogP contribution is 2.60. The molecule has 0 radical (unpaired) electrons. The third-order valence-corrected chi connectivity index (χ3v) is 5.00. The van der Waals surface area contributed by atoms with Gasteiger partial charge >= 0.3 is 35.8 Å². The maximum Gasteiger partial charge on any atom is 0.460 e. The number of hydrogen-bond donors (Lipinski definition) is 0. The number of halogens is 13. The van der Waals surface area contributed by atoms with Crippen molar-refractivity contribution < 1.29 is 66.7 Å². The van der Waals surface area contributed by atoms with Crippen molar-refractivity contribution in [3.8, 4) is 0 Å². The van der Waals surface area contributed by atoms with Crippen LogP contribution >= 0.6 is 11.3 Å². The van der Waals surface area contributed by atoms with Crippen LogP contribution in [0.25, 0.3) is 0 Å². The summed E-state index contributed by atoms with van der Waals surface area (Å²) in [6.45, 7) is -1.75. The SMILES string of the molecule is O=C1c2cscc2C(=O)N1CCC(F)(F)C(F)(F)C(F)(F)C(F)(F)C(F)(F)C(F)(F)F. The smallest absolute Gasteiger partial charge is 0.274 e. The Hall–Kier alpha value is -2.07. The molecule has 0 spiro atoms. The molecule has 0 unspecified atom stereocenters. The van der Waals surface area contributed by atoms with Crippen molar-refractivity contribution in [2.75, 3.05) is 6.54 Å². The summed E-state index contributed by atoms with van der Waals surface area (Å²) in [7, 11) is 0. The van der Waals surface area contributed by atoms with Crippen LogP contribution < -0.4 is 0 Å². The molecule has 0 bridgehead atoms. The fraction of sp³-hybridized carbons (Fsp3) is 0.571. The lowest BCUT2D eigenvalue weighted by atomic mass is 9.92. The summed E-state index contributed by atoms with van der Waals surface area (Å²) >= 11 is 0.808. The zero-order valence-corrected chi connectivity index (χ0v) is 15.0. The fourth-order valence-electron chi connectivity index (χ4n) is 2.43. The number of thiophene rings is 1. The van der Waals surface area contributed by atoms with E-state index in [1.54, 1.807) is 0 Å². The van der Waals surface area contributed by atoms with E-state index in [0.717, 1.165) is 22.1 Å². The number of alkyl halides is 13. The summed E-state index contributed by atoms with van der Waals surface area (Å²) in [6, 6.07) is 0. The standard InChI is InChI=1S/C14H6F13NO2S/c15-9(16,1-2-28-7(29)5-3-31-4-6(5)8(28)30)10(17,18)11(19,20)12(21,22)13(23,24)14(25,26)27/h3-4H,1-2H2. The summed E-state index contributed by atoms with van der Waals surface area (Å²) in [6.07, 6.45) is -10.1. The Morgan fingerprint density at radius 1 is 0.645 bits per heavy atom. The van der Waals surface area contributed by atoms with Crippen LogP contribution in [0.1, 0.15) is 27.1 Å². The number of rotatable bonds is 7. The lowest BCUT2D eigenvalue weighted by Gasteiger charge is -2.40. The highest BCUT2D eigenvalue weighted by atomic mass is 32.1. The number of carbonyl (C=O) groups excluding carboxylic acids is 2. The summed E-state index contributed by atoms with van der Waals surface area (Å²) in [5.41, 5.74) is -0.710. The second-order valence-corrected chi connectivity index (χ2v) is 6.95. The highest BCUT2D eigenvalue weighted by molar-refractivity contribution is 7.08. The molecule has 2 rings (SSSR count). The molecule has 0 saturated carbocycles. The van der Waals surface area contributed by atoms with Gasteiger partial charge in [-0.25, -0.2) is 0 Å². The molecule has 31 heavy (non-hydrogen) atoms. The third kappa shape index (κ3) is 3.34. The molecule has 1 aliphatic rings. The van der Waals surface area contributed by atoms with Crippen LogP contribution in [0.15, 0.2) is 10.8 Å². The van der Waals surface area contributed by atoms with Crippen molar-refractivity contribution in [2.45, 2.75) is 42.2 Å². The van der Waals surface area contributed by atoms with Crippen LogP contribution in [-0.4, -0.2) is 59.0 Å². The van der Waals surface area contributed by atoms with Crippen LogP contribution in [0.2, 0.25) is 0 Å². The number of hydrogen-bond acceptors (Lipinski definition) is 3. The number of nitrogens with zero attached hydrogens (tertiary/aromatic N) is 1. The molecule has 1 aromatic heterocycles. The first kappa shape index (κ1) is 25.2. The monoisotopic (exact) mass is 499 g/mol. The van der Waals surface area contributed by atoms with E-state index < -0.39 is 60.6 Å². The molecule has 3 nitrogen and oxygen atoms in total. The molecule has 1 aromatic rings. The Kier molecular flexibility index (Phi) is 5.66. The van der Waals surface area contributed by atoms with Gasteiger partial charge in [0.2, 0.25) is 0 Å². The summed E-state index contributed by atoms with van der Waals surface area (Å²) in [4.78, 5) is 23.5. The minimum atomic E-state index is -7.99. The Balaban J connectivity index is 2.31. The van der Waals surface area contributed by atoms with Crippen LogP contribution in [0.5, 0.6) is 0 Å². The van der Waals surface area contributed by atoms with Gasteiger partial charge in [-0.2, -0.15) is 68.4 Å². The van der Waals surface area contributed by atoms with Gasteiger partial charge in [0.1, 0.15) is 0 Å². The Bertz CT molecular complexity index is 859. The zero-order valence-electron chi connectivity index (χ0n) is 14.2. The van der Waals surface area contributed by atoms with E-state index in [9.17, 15) is 66.7 Å². The first-order valence-electron chi connectivity index (χ1n) is 7.53. The van der Waals surface area contributed by atoms with E-state index in [-0.39, 0.29) is 16.0 Å². The number of imide groups is 1. The van der Waals surface area contributed by atoms with E-state index in [1.807, 2.05) is 0 Å². The van der Waals surface area contributed by atoms with Crippen LogP contribution in [0.3, 0.4) is 0 Å². The van der Waals surface area contributed by atoms with E-state index in [4.69, 9.17) is 0 Å². The molecule has 2 amide bonds. The average Bonchev–Trinajstić information content (AvgIpc) is 3.16. The summed E-state index contributed by atoms with van der Waals surface area (Å²) in [5, 5.41) is 2.10. The topological polar surface area (TPSA) is 37.4 Å². The van der Waals surface area contributed by atoms with Crippen molar-refractivity contribution in [2.24, 2.45) is 0 Å². The van der Waals surface area contributed by atoms with Crippen molar-refractivity contribution in [1.29, 1.82) is 0 Å². The van der Waals surface area contributed by atoms with Crippen LogP contribution in [0.4, 0.5) is 57.1 Å². The van der Waals surface area contributed by atoms with Gasteiger partial charge in [0.25, 0.3) is 11.8 Å². The van der Waals surface area contributed by atoms with E-state index in [1.165, 1.54) is 0 Å². The lowest BCUT2D eigenvalue weighted by Crippen LogP contribution is -2.70. The molecule has 2 heterocycles. The Labute approximate surface area is 166 Å². The molecule has 0 fully saturated rings. The molecule has 176 valence electrons. The molecule has 1 aliphatic heterocycles. The van der Waals surface area contributed by atoms with Crippen molar-refractivity contribution in [1.82, 2.24) is 4.90 Å². The molecule has 0 aromatic carbocycles. The van der Waals surface area contributed by atoms with E-state index in [2.05, 4.69) is 0 Å². The second kappa shape index (κ2) is 6.96. The Morgan fingerprint density at radius 2 is 1.03 bits per heavy atom. The highest BCUT2D eigenvalue weighted by Gasteiger charge is 2.90. The number of fused-ring (bicyclic) bond motifs is 1. The van der Waals surface area contributed by atoms with Gasteiger partial charge in [0.15, 0.2) is 0 Å². The summed E-state index contributed by atoms with van der Waals surface area (Å²) in [5.74, 6) is -40.1. The first-order valence-corrected chi connectivity index (χ1v) is 8.47. The van der Waals surface area contributed by atoms with Gasteiger partial charge in [0.05, 0.1) is 11.1 Å². The maximum atomic E-state index is 13.7. The molecular formula is C14H6F13NO2S. The molecule has 17 heteroatoms. The van der Waals surface area contributed by atoms with Gasteiger partial charge < -0.3 is 0 Å². The Morgan fingerprint density at radius 3 is 1.42 bits per heavy atom. The van der Waals surface area contributed by atoms with Gasteiger partial charge in [-0.15, -0.1) is 0 Å². The minimum Gasteiger partial charge on any atom is -0.274 e. The van der Waals surface area contributed by atoms with Crippen LogP contribution in [0, 0.1) is 0 Å². The molecule has 0 saturated heterocycles. The van der Waals surface area contributed by atoms with Crippen molar-refractivity contribution >= 4 is 23.2 Å². The second-order valence-electron chi connectivity index (χ2n) is 6.21. The largest absolute Gasteiger partial charge is 0.460 e. The molecule has 0 aliphatic carbocycles. The quantitative estimate of drug-likeness (QED) is 0.369. The number of carbonyl (C=O) groups is 2. The first-order chi connectivity index (χ1) is 13.6. The molecular weight excluding hydrogens is 493 g/mol. The van der Waals surface area contributed by atoms with Crippen LogP contribution in [-0.2, 0) is 0 Å². The van der Waals surface area contributed by atoms with Gasteiger partial charge in [-0.05, 0) is 0 Å². The average molecular weight is 499 g/mol. The van der Waals surface area contributed by atoms with E-state index >= 15 is 0 Å². The zero-order chi connectivity index (χ0) is 24.4. The normalized spacial score (nSPS) is 16.9. The maximum absolute atomic E-state index is 13.7.